The highest BCUT2D eigenvalue weighted by Gasteiger charge is 2.20. The fourth-order valence-electron chi connectivity index (χ4n) is 3.06. The van der Waals surface area contributed by atoms with Crippen LogP contribution in [0.3, 0.4) is 0 Å². The van der Waals surface area contributed by atoms with Gasteiger partial charge >= 0.3 is 0 Å². The Morgan fingerprint density at radius 1 is 1.14 bits per heavy atom. The molecule has 0 radical (unpaired) electrons. The van der Waals surface area contributed by atoms with E-state index in [1.54, 1.807) is 0 Å². The van der Waals surface area contributed by atoms with Gasteiger partial charge in [0.25, 0.3) is 0 Å². The maximum atomic E-state index is 6.40. The van der Waals surface area contributed by atoms with E-state index >= 15 is 0 Å². The van der Waals surface area contributed by atoms with Crippen molar-refractivity contribution in [2.75, 3.05) is 37.6 Å². The lowest BCUT2D eigenvalue weighted by Crippen LogP contribution is -2.47. The van der Waals surface area contributed by atoms with Crippen LogP contribution in [0.4, 0.5) is 5.69 Å². The fourth-order valence-corrected chi connectivity index (χ4v) is 3.30. The summed E-state index contributed by atoms with van der Waals surface area (Å²) in [6.07, 6.45) is 0.835. The van der Waals surface area contributed by atoms with Crippen LogP contribution in [0.1, 0.15) is 26.3 Å². The van der Waals surface area contributed by atoms with Gasteiger partial charge in [-0.2, -0.15) is 0 Å². The van der Waals surface area contributed by atoms with E-state index in [1.165, 1.54) is 17.8 Å². The maximum Gasteiger partial charge on any atom is 0.0459 e. The zero-order valence-electron chi connectivity index (χ0n) is 13.5. The molecule has 1 aromatic carbocycles. The van der Waals surface area contributed by atoms with Crippen molar-refractivity contribution in [1.29, 1.82) is 0 Å². The molecule has 0 aromatic heterocycles. The summed E-state index contributed by atoms with van der Waals surface area (Å²) in [6.45, 7) is 12.2. The van der Waals surface area contributed by atoms with Crippen LogP contribution in [-0.2, 0) is 6.42 Å². The zero-order chi connectivity index (χ0) is 15.4. The number of nitrogens with two attached hydrogens (primary N) is 1. The van der Waals surface area contributed by atoms with Gasteiger partial charge in [0.15, 0.2) is 0 Å². The maximum absolute atomic E-state index is 6.40. The molecular formula is C17H28ClN3. The predicted octanol–water partition coefficient (Wildman–Crippen LogP) is 3.01. The monoisotopic (exact) mass is 309 g/mol. The first kappa shape index (κ1) is 16.6. The van der Waals surface area contributed by atoms with Crippen LogP contribution in [0.5, 0.6) is 0 Å². The van der Waals surface area contributed by atoms with E-state index in [9.17, 15) is 0 Å². The minimum atomic E-state index is 0.130. The smallest absolute Gasteiger partial charge is 0.0459 e. The second-order valence-corrected chi connectivity index (χ2v) is 7.01. The van der Waals surface area contributed by atoms with Crippen LogP contribution >= 0.6 is 11.6 Å². The molecule has 0 saturated carbocycles. The van der Waals surface area contributed by atoms with E-state index in [0.29, 0.717) is 0 Å². The van der Waals surface area contributed by atoms with Gasteiger partial charge in [0.1, 0.15) is 0 Å². The zero-order valence-corrected chi connectivity index (χ0v) is 14.2. The van der Waals surface area contributed by atoms with Gasteiger partial charge in [-0.25, -0.2) is 0 Å². The van der Waals surface area contributed by atoms with Crippen molar-refractivity contribution in [2.24, 2.45) is 11.7 Å². The summed E-state index contributed by atoms with van der Waals surface area (Å²) < 4.78 is 0. The second-order valence-electron chi connectivity index (χ2n) is 6.60. The number of hydrogen-bond donors (Lipinski definition) is 1. The van der Waals surface area contributed by atoms with Crippen molar-refractivity contribution in [2.45, 2.75) is 33.2 Å². The molecule has 118 valence electrons. The molecule has 1 aliphatic rings. The number of benzene rings is 1. The molecule has 2 rings (SSSR count). The molecule has 1 fully saturated rings. The first-order valence-electron chi connectivity index (χ1n) is 7.97. The van der Waals surface area contributed by atoms with Crippen LogP contribution in [0.2, 0.25) is 5.02 Å². The Hall–Kier alpha value is -0.770. The molecule has 1 aromatic rings. The molecule has 0 bridgehead atoms. The fraction of sp³-hybridized carbons (Fsp3) is 0.647. The van der Waals surface area contributed by atoms with Crippen LogP contribution in [0.25, 0.3) is 0 Å². The molecule has 3 nitrogen and oxygen atoms in total. The average molecular weight is 310 g/mol. The average Bonchev–Trinajstić information content (AvgIpc) is 2.41. The van der Waals surface area contributed by atoms with Crippen molar-refractivity contribution in [3.63, 3.8) is 0 Å². The van der Waals surface area contributed by atoms with Gasteiger partial charge in [0.05, 0.1) is 0 Å². The van der Waals surface area contributed by atoms with Crippen molar-refractivity contribution in [1.82, 2.24) is 4.90 Å². The minimum absolute atomic E-state index is 0.130. The quantitative estimate of drug-likeness (QED) is 0.907. The molecule has 1 aliphatic heterocycles. The standard InChI is InChI=1S/C17H28ClN3/c1-13(2)12-20-7-9-21(10-8-20)17-6-4-5-16(18)15(17)11-14(3)19/h4-6,13-14H,7-12,19H2,1-3H3. The van der Waals surface area contributed by atoms with E-state index in [2.05, 4.69) is 29.7 Å². The van der Waals surface area contributed by atoms with Crippen LogP contribution < -0.4 is 10.6 Å². The van der Waals surface area contributed by atoms with Crippen molar-refractivity contribution < 1.29 is 0 Å². The summed E-state index contributed by atoms with van der Waals surface area (Å²) in [5.41, 5.74) is 8.45. The third-order valence-electron chi connectivity index (χ3n) is 3.96. The summed E-state index contributed by atoms with van der Waals surface area (Å²) in [7, 11) is 0. The van der Waals surface area contributed by atoms with Gasteiger partial charge in [-0.05, 0) is 37.0 Å². The molecule has 2 N–H and O–H groups in total. The van der Waals surface area contributed by atoms with Crippen LogP contribution in [-0.4, -0.2) is 43.7 Å². The Morgan fingerprint density at radius 2 is 1.81 bits per heavy atom. The van der Waals surface area contributed by atoms with Gasteiger partial charge in [0, 0.05) is 49.5 Å². The number of rotatable bonds is 5. The lowest BCUT2D eigenvalue weighted by molar-refractivity contribution is 0.231. The summed E-state index contributed by atoms with van der Waals surface area (Å²) >= 11 is 6.40. The Balaban J connectivity index is 2.08. The third kappa shape index (κ3) is 4.60. The topological polar surface area (TPSA) is 32.5 Å². The molecule has 0 aliphatic carbocycles. The molecule has 21 heavy (non-hydrogen) atoms. The largest absolute Gasteiger partial charge is 0.369 e. The highest BCUT2D eigenvalue weighted by molar-refractivity contribution is 6.31. The second kappa shape index (κ2) is 7.48. The number of halogens is 1. The minimum Gasteiger partial charge on any atom is -0.369 e. The highest BCUT2D eigenvalue weighted by atomic mass is 35.5. The molecular weight excluding hydrogens is 282 g/mol. The predicted molar refractivity (Wildman–Crippen MR) is 92.3 cm³/mol. The summed E-state index contributed by atoms with van der Waals surface area (Å²) in [5.74, 6) is 0.733. The van der Waals surface area contributed by atoms with Crippen LogP contribution in [0, 0.1) is 5.92 Å². The Bertz CT molecular complexity index is 451. The van der Waals surface area contributed by atoms with E-state index in [-0.39, 0.29) is 6.04 Å². The molecule has 1 heterocycles. The Morgan fingerprint density at radius 3 is 2.38 bits per heavy atom. The number of anilines is 1. The molecule has 1 saturated heterocycles. The number of nitrogens with zero attached hydrogens (tertiary/aromatic N) is 2. The summed E-state index contributed by atoms with van der Waals surface area (Å²) in [6, 6.07) is 6.33. The van der Waals surface area contributed by atoms with Gasteiger partial charge in [0.2, 0.25) is 0 Å². The molecule has 1 atom stereocenters. The first-order chi connectivity index (χ1) is 9.97. The molecule has 1 unspecified atom stereocenters. The lowest BCUT2D eigenvalue weighted by Gasteiger charge is -2.38. The first-order valence-corrected chi connectivity index (χ1v) is 8.35. The van der Waals surface area contributed by atoms with E-state index < -0.39 is 0 Å². The van der Waals surface area contributed by atoms with Gasteiger partial charge in [-0.1, -0.05) is 31.5 Å². The van der Waals surface area contributed by atoms with Gasteiger partial charge in [-0.15, -0.1) is 0 Å². The lowest BCUT2D eigenvalue weighted by atomic mass is 10.0. The molecule has 4 heteroatoms. The van der Waals surface area contributed by atoms with Crippen molar-refractivity contribution >= 4 is 17.3 Å². The van der Waals surface area contributed by atoms with Crippen molar-refractivity contribution in [3.8, 4) is 0 Å². The Kier molecular flexibility index (Phi) is 5.91. The van der Waals surface area contributed by atoms with Crippen molar-refractivity contribution in [3.05, 3.63) is 28.8 Å². The third-order valence-corrected chi connectivity index (χ3v) is 4.31. The van der Waals surface area contributed by atoms with E-state index in [0.717, 1.165) is 43.5 Å². The molecule has 0 spiro atoms. The molecule has 0 amide bonds. The van der Waals surface area contributed by atoms with E-state index in [1.807, 2.05) is 19.1 Å². The number of piperazine rings is 1. The van der Waals surface area contributed by atoms with E-state index in [4.69, 9.17) is 17.3 Å². The normalized spacial score (nSPS) is 18.3. The van der Waals surface area contributed by atoms with Crippen LogP contribution in [0.15, 0.2) is 18.2 Å². The number of hydrogen-bond acceptors (Lipinski definition) is 3. The summed E-state index contributed by atoms with van der Waals surface area (Å²) in [4.78, 5) is 5.01. The van der Waals surface area contributed by atoms with Gasteiger partial charge in [-0.3, -0.25) is 4.90 Å². The highest BCUT2D eigenvalue weighted by Crippen LogP contribution is 2.29. The SMILES string of the molecule is CC(C)CN1CCN(c2cccc(Cl)c2CC(C)N)CC1. The van der Waals surface area contributed by atoms with Gasteiger partial charge < -0.3 is 10.6 Å². The Labute approximate surface area is 134 Å². The summed E-state index contributed by atoms with van der Waals surface area (Å²) in [5, 5.41) is 0.842.